The fourth-order valence-corrected chi connectivity index (χ4v) is 6.26. The first-order valence-electron chi connectivity index (χ1n) is 9.66. The maximum absolute atomic E-state index is 13.1. The largest absolute Gasteiger partial charge is 0.457 e. The first-order valence-corrected chi connectivity index (χ1v) is 11.7. The predicted octanol–water partition coefficient (Wildman–Crippen LogP) is 3.74. The van der Waals surface area contributed by atoms with Gasteiger partial charge in [-0.25, -0.2) is 13.9 Å². The van der Waals surface area contributed by atoms with Crippen molar-refractivity contribution < 1.29 is 27.9 Å². The van der Waals surface area contributed by atoms with E-state index in [1.807, 2.05) is 0 Å². The van der Waals surface area contributed by atoms with E-state index in [-0.39, 0.29) is 35.7 Å². The van der Waals surface area contributed by atoms with Crippen molar-refractivity contribution in [2.24, 2.45) is 5.41 Å². The highest BCUT2D eigenvalue weighted by Gasteiger charge is 2.51. The lowest BCUT2D eigenvalue weighted by molar-refractivity contribution is -0.148. The second-order valence-corrected chi connectivity index (χ2v) is 10.3. The highest BCUT2D eigenvalue weighted by Crippen LogP contribution is 2.45. The molecule has 4 rings (SSSR count). The molecule has 0 spiro atoms. The van der Waals surface area contributed by atoms with E-state index in [0.717, 1.165) is 12.8 Å². The average Bonchev–Trinajstić information content (AvgIpc) is 3.07. The molecule has 0 radical (unpaired) electrons. The number of amides is 1. The molecule has 2 atom stereocenters. The molecule has 0 saturated carbocycles. The average molecular weight is 452 g/mol. The topological polar surface area (TPSA) is 102 Å². The summed E-state index contributed by atoms with van der Waals surface area (Å²) < 4.78 is 37.7. The summed E-state index contributed by atoms with van der Waals surface area (Å²) in [7, 11) is -3.79. The van der Waals surface area contributed by atoms with E-state index in [1.54, 1.807) is 41.9 Å². The molecule has 9 heteroatoms. The van der Waals surface area contributed by atoms with Crippen molar-refractivity contribution in [3.8, 4) is 11.5 Å². The standard InChI is InChI=1S/C21H22ClNO6S/c22-14-1-3-15(4-2-14)28-16-7-9-19(10-8-16)30(26,27)13-21(20(24)23-25)11-17-5-6-18(12-21)29-17/h1-4,7-10,17-18,25H,5-6,11-13H2,(H,23,24). The minimum Gasteiger partial charge on any atom is -0.457 e. The molecule has 2 aromatic rings. The third-order valence-electron chi connectivity index (χ3n) is 5.71. The predicted molar refractivity (Wildman–Crippen MR) is 110 cm³/mol. The minimum atomic E-state index is -3.79. The van der Waals surface area contributed by atoms with Crippen LogP contribution in [-0.2, 0) is 19.4 Å². The van der Waals surface area contributed by atoms with Crippen molar-refractivity contribution in [3.63, 3.8) is 0 Å². The zero-order chi connectivity index (χ0) is 21.4. The number of carbonyl (C=O) groups is 1. The summed E-state index contributed by atoms with van der Waals surface area (Å²) in [6.07, 6.45) is 1.81. The van der Waals surface area contributed by atoms with Crippen LogP contribution in [0.25, 0.3) is 0 Å². The number of sulfone groups is 1. The summed E-state index contributed by atoms with van der Waals surface area (Å²) in [5, 5.41) is 9.84. The van der Waals surface area contributed by atoms with Gasteiger partial charge < -0.3 is 9.47 Å². The van der Waals surface area contributed by atoms with Crippen molar-refractivity contribution in [2.75, 3.05) is 5.75 Å². The van der Waals surface area contributed by atoms with Crippen LogP contribution in [0.15, 0.2) is 53.4 Å². The van der Waals surface area contributed by atoms with Crippen LogP contribution in [0.5, 0.6) is 11.5 Å². The molecule has 30 heavy (non-hydrogen) atoms. The number of rotatable bonds is 6. The number of halogens is 1. The van der Waals surface area contributed by atoms with Crippen molar-refractivity contribution in [1.82, 2.24) is 5.48 Å². The Balaban J connectivity index is 1.53. The van der Waals surface area contributed by atoms with E-state index in [0.29, 0.717) is 16.5 Å². The monoisotopic (exact) mass is 451 g/mol. The van der Waals surface area contributed by atoms with E-state index in [4.69, 9.17) is 21.1 Å². The Kier molecular flexibility index (Phi) is 5.76. The second-order valence-electron chi connectivity index (χ2n) is 7.87. The molecule has 2 fully saturated rings. The zero-order valence-electron chi connectivity index (χ0n) is 16.1. The summed E-state index contributed by atoms with van der Waals surface area (Å²) >= 11 is 5.86. The smallest absolute Gasteiger partial charge is 0.250 e. The molecule has 0 aromatic heterocycles. The van der Waals surface area contributed by atoms with Crippen molar-refractivity contribution in [1.29, 1.82) is 0 Å². The van der Waals surface area contributed by atoms with Crippen LogP contribution < -0.4 is 10.2 Å². The Hall–Kier alpha value is -2.13. The van der Waals surface area contributed by atoms with Crippen LogP contribution in [-0.4, -0.2) is 37.5 Å². The minimum absolute atomic E-state index is 0.0925. The van der Waals surface area contributed by atoms with Gasteiger partial charge in [-0.2, -0.15) is 0 Å². The second kappa shape index (κ2) is 8.19. The van der Waals surface area contributed by atoms with Gasteiger partial charge >= 0.3 is 0 Å². The molecule has 2 unspecified atom stereocenters. The fraction of sp³-hybridized carbons (Fsp3) is 0.381. The lowest BCUT2D eigenvalue weighted by atomic mass is 9.78. The summed E-state index contributed by atoms with van der Waals surface area (Å²) in [5.74, 6) is -0.0106. The van der Waals surface area contributed by atoms with Crippen molar-refractivity contribution in [3.05, 3.63) is 53.6 Å². The molecule has 0 aliphatic carbocycles. The van der Waals surface area contributed by atoms with Gasteiger partial charge in [-0.3, -0.25) is 10.0 Å². The number of hydroxylamine groups is 1. The first-order chi connectivity index (χ1) is 14.3. The van der Waals surface area contributed by atoms with Crippen molar-refractivity contribution >= 4 is 27.3 Å². The highest BCUT2D eigenvalue weighted by molar-refractivity contribution is 7.91. The van der Waals surface area contributed by atoms with Gasteiger partial charge in [0.2, 0.25) is 0 Å². The number of nitrogens with one attached hydrogen (secondary N) is 1. The normalized spacial score (nSPS) is 25.7. The Morgan fingerprint density at radius 3 is 2.13 bits per heavy atom. The maximum atomic E-state index is 13.1. The number of hydrogen-bond donors (Lipinski definition) is 2. The number of fused-ring (bicyclic) bond motifs is 2. The molecule has 2 aliphatic rings. The van der Waals surface area contributed by atoms with E-state index < -0.39 is 21.2 Å². The lowest BCUT2D eigenvalue weighted by Crippen LogP contribution is -2.50. The molecule has 2 bridgehead atoms. The maximum Gasteiger partial charge on any atom is 0.250 e. The van der Waals surface area contributed by atoms with E-state index in [9.17, 15) is 18.4 Å². The summed E-state index contributed by atoms with van der Waals surface area (Å²) in [6, 6.07) is 12.9. The summed E-state index contributed by atoms with van der Waals surface area (Å²) in [5.41, 5.74) is 0.458. The quantitative estimate of drug-likeness (QED) is 0.512. The van der Waals surface area contributed by atoms with E-state index in [1.165, 1.54) is 12.1 Å². The first kappa shape index (κ1) is 21.1. The van der Waals surface area contributed by atoms with Crippen LogP contribution in [0.1, 0.15) is 25.7 Å². The van der Waals surface area contributed by atoms with Gasteiger partial charge in [0.1, 0.15) is 11.5 Å². The van der Waals surface area contributed by atoms with Gasteiger partial charge in [0.25, 0.3) is 5.91 Å². The fourth-order valence-electron chi connectivity index (χ4n) is 4.32. The van der Waals surface area contributed by atoms with Crippen LogP contribution in [0.3, 0.4) is 0 Å². The van der Waals surface area contributed by atoms with E-state index >= 15 is 0 Å². The van der Waals surface area contributed by atoms with Crippen LogP contribution in [0.2, 0.25) is 5.02 Å². The third-order valence-corrected chi connectivity index (χ3v) is 7.89. The summed E-state index contributed by atoms with van der Waals surface area (Å²) in [4.78, 5) is 12.6. The Bertz CT molecular complexity index is 1010. The molecular formula is C21H22ClNO6S. The highest BCUT2D eigenvalue weighted by atomic mass is 35.5. The van der Waals surface area contributed by atoms with Gasteiger partial charge in [-0.15, -0.1) is 0 Å². The van der Waals surface area contributed by atoms with Gasteiger partial charge in [-0.05, 0) is 74.2 Å². The van der Waals surface area contributed by atoms with E-state index in [2.05, 4.69) is 0 Å². The molecule has 160 valence electrons. The van der Waals surface area contributed by atoms with Gasteiger partial charge in [0.15, 0.2) is 9.84 Å². The van der Waals surface area contributed by atoms with Gasteiger partial charge in [0.05, 0.1) is 28.3 Å². The molecule has 2 aliphatic heterocycles. The third kappa shape index (κ3) is 4.32. The molecular weight excluding hydrogens is 430 g/mol. The molecule has 2 saturated heterocycles. The molecule has 2 N–H and O–H groups in total. The number of benzene rings is 2. The van der Waals surface area contributed by atoms with Crippen LogP contribution >= 0.6 is 11.6 Å². The van der Waals surface area contributed by atoms with Gasteiger partial charge in [0, 0.05) is 5.02 Å². The van der Waals surface area contributed by atoms with Crippen molar-refractivity contribution in [2.45, 2.75) is 42.8 Å². The number of hydrogen-bond acceptors (Lipinski definition) is 6. The molecule has 7 nitrogen and oxygen atoms in total. The van der Waals surface area contributed by atoms with Gasteiger partial charge in [-0.1, -0.05) is 11.6 Å². The zero-order valence-corrected chi connectivity index (χ0v) is 17.7. The Labute approximate surface area is 179 Å². The SMILES string of the molecule is O=C(NO)C1(CS(=O)(=O)c2ccc(Oc3ccc(Cl)cc3)cc2)CC2CCC(C1)O2. The van der Waals surface area contributed by atoms with Crippen LogP contribution in [0.4, 0.5) is 0 Å². The molecule has 2 aromatic carbocycles. The Morgan fingerprint density at radius 1 is 1.07 bits per heavy atom. The van der Waals surface area contributed by atoms with Crippen LogP contribution in [0, 0.1) is 5.41 Å². The summed E-state index contributed by atoms with van der Waals surface area (Å²) in [6.45, 7) is 0. The number of ether oxygens (including phenoxy) is 2. The number of carbonyl (C=O) groups excluding carboxylic acids is 1. The Morgan fingerprint density at radius 2 is 1.60 bits per heavy atom. The molecule has 2 heterocycles. The lowest BCUT2D eigenvalue weighted by Gasteiger charge is -2.38. The molecule has 1 amide bonds.